The fourth-order valence-corrected chi connectivity index (χ4v) is 4.80. The lowest BCUT2D eigenvalue weighted by molar-refractivity contribution is -0.138. The predicted octanol–water partition coefficient (Wildman–Crippen LogP) is 4.40. The van der Waals surface area contributed by atoms with Crippen LogP contribution in [0.25, 0.3) is 5.57 Å². The molecule has 2 N–H and O–H groups in total. The normalized spacial score (nSPS) is 18.6. The topological polar surface area (TPSA) is 95.9 Å². The highest BCUT2D eigenvalue weighted by molar-refractivity contribution is 5.89. The zero-order valence-corrected chi connectivity index (χ0v) is 20.3. The molecule has 0 bridgehead atoms. The third kappa shape index (κ3) is 6.15. The van der Waals surface area contributed by atoms with Crippen LogP contribution in [0.4, 0.5) is 4.79 Å². The van der Waals surface area contributed by atoms with Crippen molar-refractivity contribution in [2.45, 2.75) is 84.4 Å². The molecular weight excluding hydrogens is 420 g/mol. The second-order valence-corrected chi connectivity index (χ2v) is 10.4. The number of nitrogens with zero attached hydrogens (tertiary/aromatic N) is 1. The van der Waals surface area contributed by atoms with Crippen molar-refractivity contribution in [3.8, 4) is 0 Å². The lowest BCUT2D eigenvalue weighted by Gasteiger charge is -2.40. The molecule has 1 aromatic rings. The second kappa shape index (κ2) is 9.98. The van der Waals surface area contributed by atoms with Gasteiger partial charge >= 0.3 is 12.1 Å². The van der Waals surface area contributed by atoms with Crippen LogP contribution in [0.3, 0.4) is 0 Å². The Bertz CT molecular complexity index is 944. The van der Waals surface area contributed by atoms with Crippen LogP contribution in [0.2, 0.25) is 0 Å². The molecule has 0 aromatic heterocycles. The molecule has 2 aliphatic rings. The van der Waals surface area contributed by atoms with Gasteiger partial charge in [-0.25, -0.2) is 4.79 Å². The van der Waals surface area contributed by atoms with E-state index in [9.17, 15) is 19.5 Å². The maximum absolute atomic E-state index is 13.7. The fourth-order valence-electron chi connectivity index (χ4n) is 4.80. The first kappa shape index (κ1) is 24.8. The molecule has 1 unspecified atom stereocenters. The number of nitrogens with one attached hydrogen (secondary N) is 1. The molecule has 180 valence electrons. The minimum Gasteiger partial charge on any atom is -0.481 e. The Morgan fingerprint density at radius 1 is 1.21 bits per heavy atom. The summed E-state index contributed by atoms with van der Waals surface area (Å²) in [7, 11) is 0. The van der Waals surface area contributed by atoms with E-state index in [0.717, 1.165) is 19.3 Å². The van der Waals surface area contributed by atoms with Gasteiger partial charge in [0.15, 0.2) is 0 Å². The zero-order chi connectivity index (χ0) is 24.3. The van der Waals surface area contributed by atoms with Crippen molar-refractivity contribution < 1.29 is 24.2 Å². The summed E-state index contributed by atoms with van der Waals surface area (Å²) in [6.45, 7) is 10.1. The van der Waals surface area contributed by atoms with Gasteiger partial charge in [-0.05, 0) is 74.6 Å². The van der Waals surface area contributed by atoms with Gasteiger partial charge in [-0.2, -0.15) is 0 Å². The van der Waals surface area contributed by atoms with Crippen LogP contribution in [0, 0.1) is 5.92 Å². The molecule has 7 nitrogen and oxygen atoms in total. The molecule has 0 saturated carbocycles. The lowest BCUT2D eigenvalue weighted by Crippen LogP contribution is -2.54. The van der Waals surface area contributed by atoms with Crippen molar-refractivity contribution in [1.82, 2.24) is 10.2 Å². The van der Waals surface area contributed by atoms with E-state index in [2.05, 4.69) is 37.4 Å². The summed E-state index contributed by atoms with van der Waals surface area (Å²) in [5.41, 5.74) is 4.47. The van der Waals surface area contributed by atoms with E-state index in [4.69, 9.17) is 4.74 Å². The molecule has 0 saturated heterocycles. The third-order valence-electron chi connectivity index (χ3n) is 6.11. The first-order valence-electron chi connectivity index (χ1n) is 11.8. The Balaban J connectivity index is 1.86. The smallest absolute Gasteiger partial charge is 0.408 e. The molecule has 1 heterocycles. The number of carbonyl (C=O) groups excluding carboxylic acids is 2. The number of rotatable bonds is 7. The van der Waals surface area contributed by atoms with Crippen molar-refractivity contribution in [3.63, 3.8) is 0 Å². The van der Waals surface area contributed by atoms with Gasteiger partial charge in [0.1, 0.15) is 11.6 Å². The SMILES string of the molecule is CC(C)CC1C2=C(CCN1C(=O)[C@@H](CCC(=O)O)NC(=O)OC(C)(C)C)c1ccccc1C2. The van der Waals surface area contributed by atoms with Gasteiger partial charge in [-0.1, -0.05) is 38.1 Å². The van der Waals surface area contributed by atoms with Gasteiger partial charge in [0.2, 0.25) is 5.91 Å². The number of carbonyl (C=O) groups is 3. The highest BCUT2D eigenvalue weighted by Crippen LogP contribution is 2.42. The van der Waals surface area contributed by atoms with E-state index in [0.29, 0.717) is 12.5 Å². The van der Waals surface area contributed by atoms with Crippen LogP contribution < -0.4 is 5.32 Å². The molecule has 2 amide bonds. The highest BCUT2D eigenvalue weighted by atomic mass is 16.6. The van der Waals surface area contributed by atoms with E-state index >= 15 is 0 Å². The average molecular weight is 457 g/mol. The molecular formula is C26H36N2O5. The monoisotopic (exact) mass is 456 g/mol. The summed E-state index contributed by atoms with van der Waals surface area (Å²) in [6, 6.07) is 7.38. The van der Waals surface area contributed by atoms with Gasteiger partial charge in [-0.3, -0.25) is 9.59 Å². The quantitative estimate of drug-likeness (QED) is 0.634. The van der Waals surface area contributed by atoms with Crippen LogP contribution in [0.5, 0.6) is 0 Å². The molecule has 33 heavy (non-hydrogen) atoms. The second-order valence-electron chi connectivity index (χ2n) is 10.4. The first-order chi connectivity index (χ1) is 15.5. The number of amides is 2. The van der Waals surface area contributed by atoms with Gasteiger partial charge in [0.05, 0.1) is 6.04 Å². The predicted molar refractivity (Wildman–Crippen MR) is 127 cm³/mol. The van der Waals surface area contributed by atoms with Crippen molar-refractivity contribution >= 4 is 23.5 Å². The van der Waals surface area contributed by atoms with Gasteiger partial charge in [-0.15, -0.1) is 0 Å². The molecule has 0 radical (unpaired) electrons. The van der Waals surface area contributed by atoms with Gasteiger partial charge in [0, 0.05) is 13.0 Å². The van der Waals surface area contributed by atoms with Crippen molar-refractivity contribution in [3.05, 3.63) is 41.0 Å². The Hall–Kier alpha value is -2.83. The number of benzene rings is 1. The molecule has 2 atom stereocenters. The Labute approximate surface area is 196 Å². The summed E-state index contributed by atoms with van der Waals surface area (Å²) in [5.74, 6) is -0.875. The van der Waals surface area contributed by atoms with E-state index in [1.165, 1.54) is 22.3 Å². The van der Waals surface area contributed by atoms with Gasteiger partial charge in [0.25, 0.3) is 0 Å². The first-order valence-corrected chi connectivity index (χ1v) is 11.8. The molecule has 3 rings (SSSR count). The zero-order valence-electron chi connectivity index (χ0n) is 20.3. The number of carboxylic acids is 1. The molecule has 0 fully saturated rings. The van der Waals surface area contributed by atoms with Crippen LogP contribution >= 0.6 is 0 Å². The van der Waals surface area contributed by atoms with Crippen LogP contribution in [-0.4, -0.2) is 52.2 Å². The molecule has 1 aliphatic carbocycles. The van der Waals surface area contributed by atoms with Crippen LogP contribution in [0.15, 0.2) is 29.8 Å². The fraction of sp³-hybridized carbons (Fsp3) is 0.577. The van der Waals surface area contributed by atoms with E-state index in [1.54, 1.807) is 20.8 Å². The Morgan fingerprint density at radius 3 is 2.55 bits per heavy atom. The summed E-state index contributed by atoms with van der Waals surface area (Å²) in [5, 5.41) is 11.8. The summed E-state index contributed by atoms with van der Waals surface area (Å²) in [4.78, 5) is 39.2. The lowest BCUT2D eigenvalue weighted by atomic mass is 9.87. The standard InChI is InChI=1S/C26H36N2O5/c1-16(2)14-22-20-15-17-8-6-7-9-18(17)19(20)12-13-28(22)24(31)21(10-11-23(29)30)27-25(32)33-26(3,4)5/h6-9,16,21-22H,10-15H2,1-5H3,(H,27,32)(H,29,30)/t21-,22?/m1/s1. The van der Waals surface area contributed by atoms with Crippen molar-refractivity contribution in [1.29, 1.82) is 0 Å². The number of fused-ring (bicyclic) bond motifs is 2. The molecule has 0 spiro atoms. The number of aliphatic carboxylic acids is 1. The minimum atomic E-state index is -1.01. The molecule has 1 aromatic carbocycles. The number of hydrogen-bond donors (Lipinski definition) is 2. The van der Waals surface area contributed by atoms with Crippen molar-refractivity contribution in [2.75, 3.05) is 6.54 Å². The molecule has 1 aliphatic heterocycles. The number of hydrogen-bond acceptors (Lipinski definition) is 4. The summed E-state index contributed by atoms with van der Waals surface area (Å²) < 4.78 is 5.34. The largest absolute Gasteiger partial charge is 0.481 e. The number of alkyl carbamates (subject to hydrolysis) is 1. The van der Waals surface area contributed by atoms with Crippen molar-refractivity contribution in [2.24, 2.45) is 5.92 Å². The third-order valence-corrected chi connectivity index (χ3v) is 6.11. The van der Waals surface area contributed by atoms with E-state index in [1.807, 2.05) is 11.0 Å². The maximum atomic E-state index is 13.7. The average Bonchev–Trinajstić information content (AvgIpc) is 3.08. The minimum absolute atomic E-state index is 0.0183. The highest BCUT2D eigenvalue weighted by Gasteiger charge is 2.39. The Morgan fingerprint density at radius 2 is 1.91 bits per heavy atom. The van der Waals surface area contributed by atoms with E-state index in [-0.39, 0.29) is 24.8 Å². The number of carboxylic acid groups (broad SMARTS) is 1. The van der Waals surface area contributed by atoms with E-state index < -0.39 is 23.7 Å². The maximum Gasteiger partial charge on any atom is 0.408 e. The number of ether oxygens (including phenoxy) is 1. The summed E-state index contributed by atoms with van der Waals surface area (Å²) >= 11 is 0. The summed E-state index contributed by atoms with van der Waals surface area (Å²) in [6.07, 6.45) is 1.49. The van der Waals surface area contributed by atoms with Crippen LogP contribution in [-0.2, 0) is 20.7 Å². The van der Waals surface area contributed by atoms with Gasteiger partial charge < -0.3 is 20.1 Å². The Kier molecular flexibility index (Phi) is 7.50. The molecule has 7 heteroatoms. The van der Waals surface area contributed by atoms with Crippen LogP contribution in [0.1, 0.15) is 71.4 Å².